The van der Waals surface area contributed by atoms with E-state index in [0.29, 0.717) is 23.9 Å². The molecule has 0 aromatic heterocycles. The number of aliphatic hydroxyl groups is 1. The van der Waals surface area contributed by atoms with E-state index in [1.165, 1.54) is 77.0 Å². The maximum Gasteiger partial charge on any atom is 0.472 e. The lowest BCUT2D eigenvalue weighted by Gasteiger charge is -2.26. The number of quaternary nitrogens is 1. The Morgan fingerprint density at radius 3 is 1.40 bits per heavy atom. The Balaban J connectivity index is 4.37. The number of likely N-dealkylation sites (N-methyl/N-ethyl adjacent to an activating group) is 1. The van der Waals surface area contributed by atoms with E-state index in [9.17, 15) is 19.4 Å². The van der Waals surface area contributed by atoms with Gasteiger partial charge in [0.05, 0.1) is 39.9 Å². The number of amides is 1. The molecule has 8 nitrogen and oxygen atoms in total. The summed E-state index contributed by atoms with van der Waals surface area (Å²) < 4.78 is 23.7. The predicted octanol–water partition coefficient (Wildman–Crippen LogP) is 14.5. The van der Waals surface area contributed by atoms with Crippen molar-refractivity contribution in [1.29, 1.82) is 0 Å². The fraction of sp³-hybridized carbons (Fsp3) is 0.717. The zero-order valence-electron chi connectivity index (χ0n) is 40.6. The highest BCUT2D eigenvalue weighted by molar-refractivity contribution is 7.47. The lowest BCUT2D eigenvalue weighted by atomic mass is 10.0. The standard InChI is InChI=1S/C53H95N2O6P/c1-6-8-10-12-14-16-18-20-22-23-24-25-26-27-28-29-30-31-33-35-37-39-41-43-45-47-53(57)54-51(50-61-62(58,59)60-49-48-55(3,4)5)52(56)46-44-42-40-38-36-34-32-21-19-17-15-13-11-9-7-2/h8,10,14,16,20,22,24-25,27-28,30-31,35,37,51-52,56H,6-7,9,11-13,15,17-19,21,23,26,29,32-34,36,38-50H2,1-5H3,(H-,54,57,58,59)/p+1/b10-8-,16-14-,22-20-,25-24-,28-27-,31-30-,37-35-. The van der Waals surface area contributed by atoms with E-state index >= 15 is 0 Å². The lowest BCUT2D eigenvalue weighted by Crippen LogP contribution is -2.46. The summed E-state index contributed by atoms with van der Waals surface area (Å²) >= 11 is 0. The van der Waals surface area contributed by atoms with Gasteiger partial charge >= 0.3 is 7.82 Å². The highest BCUT2D eigenvalue weighted by Gasteiger charge is 2.28. The number of carbonyl (C=O) groups excluding carboxylic acids is 1. The molecule has 0 rings (SSSR count). The Labute approximate surface area is 382 Å². The average molecular weight is 888 g/mol. The molecule has 0 aromatic carbocycles. The van der Waals surface area contributed by atoms with Crippen molar-refractivity contribution in [1.82, 2.24) is 5.32 Å². The summed E-state index contributed by atoms with van der Waals surface area (Å²) in [6.45, 7) is 4.73. The van der Waals surface area contributed by atoms with Crippen LogP contribution in [0.2, 0.25) is 0 Å². The van der Waals surface area contributed by atoms with Crippen molar-refractivity contribution in [2.45, 2.75) is 206 Å². The number of phosphoric ester groups is 1. The van der Waals surface area contributed by atoms with Crippen LogP contribution in [0.15, 0.2) is 85.1 Å². The van der Waals surface area contributed by atoms with Crippen molar-refractivity contribution < 1.29 is 32.9 Å². The summed E-state index contributed by atoms with van der Waals surface area (Å²) in [6, 6.07) is -0.784. The topological polar surface area (TPSA) is 105 Å². The molecule has 0 fully saturated rings. The SMILES string of the molecule is CC/C=C\C/C=C\C/C=C\C/C=C\C/C=C\C/C=C\C/C=C\CCCCCC(=O)NC(COP(=O)(O)OCC[N+](C)(C)C)C(O)CCCCCCCCCCCCCCCCC. The lowest BCUT2D eigenvalue weighted by molar-refractivity contribution is -0.870. The van der Waals surface area contributed by atoms with Gasteiger partial charge < -0.3 is 19.8 Å². The van der Waals surface area contributed by atoms with Crippen LogP contribution < -0.4 is 5.32 Å². The number of nitrogens with zero attached hydrogens (tertiary/aromatic N) is 1. The maximum absolute atomic E-state index is 12.9. The number of unbranched alkanes of at least 4 members (excludes halogenated alkanes) is 17. The molecule has 358 valence electrons. The molecular formula is C53H96N2O6P+. The van der Waals surface area contributed by atoms with Crippen molar-refractivity contribution in [2.24, 2.45) is 0 Å². The third-order valence-electron chi connectivity index (χ3n) is 10.7. The molecule has 3 atom stereocenters. The number of aliphatic hydroxyl groups excluding tert-OH is 1. The molecule has 3 unspecified atom stereocenters. The molecule has 0 aliphatic rings. The summed E-state index contributed by atoms with van der Waals surface area (Å²) in [5, 5.41) is 14.0. The van der Waals surface area contributed by atoms with E-state index < -0.39 is 20.0 Å². The van der Waals surface area contributed by atoms with Crippen molar-refractivity contribution in [2.75, 3.05) is 40.9 Å². The van der Waals surface area contributed by atoms with Crippen molar-refractivity contribution in [3.8, 4) is 0 Å². The van der Waals surface area contributed by atoms with Crippen LogP contribution in [0.25, 0.3) is 0 Å². The molecule has 1 amide bonds. The Morgan fingerprint density at radius 2 is 0.968 bits per heavy atom. The van der Waals surface area contributed by atoms with Crippen molar-refractivity contribution in [3.05, 3.63) is 85.1 Å². The van der Waals surface area contributed by atoms with Gasteiger partial charge in [0.2, 0.25) is 5.91 Å². The van der Waals surface area contributed by atoms with Crippen LogP contribution in [-0.4, -0.2) is 73.4 Å². The predicted molar refractivity (Wildman–Crippen MR) is 267 cm³/mol. The van der Waals surface area contributed by atoms with Gasteiger partial charge in [-0.05, 0) is 70.6 Å². The minimum atomic E-state index is -4.33. The van der Waals surface area contributed by atoms with Gasteiger partial charge in [-0.25, -0.2) is 4.57 Å². The van der Waals surface area contributed by atoms with Crippen LogP contribution in [0.5, 0.6) is 0 Å². The van der Waals surface area contributed by atoms with Gasteiger partial charge in [-0.1, -0.05) is 202 Å². The maximum atomic E-state index is 12.9. The molecule has 0 aliphatic carbocycles. The van der Waals surface area contributed by atoms with Crippen LogP contribution in [0, 0.1) is 0 Å². The number of hydrogen-bond donors (Lipinski definition) is 3. The molecule has 0 aliphatic heterocycles. The van der Waals surface area contributed by atoms with E-state index in [4.69, 9.17) is 9.05 Å². The van der Waals surface area contributed by atoms with Gasteiger partial charge in [-0.2, -0.15) is 0 Å². The third-order valence-corrected chi connectivity index (χ3v) is 11.6. The van der Waals surface area contributed by atoms with Gasteiger partial charge in [0.25, 0.3) is 0 Å². The molecule has 0 saturated carbocycles. The quantitative estimate of drug-likeness (QED) is 0.0244. The van der Waals surface area contributed by atoms with Crippen molar-refractivity contribution in [3.63, 3.8) is 0 Å². The van der Waals surface area contributed by atoms with Crippen LogP contribution >= 0.6 is 7.82 Å². The Bertz CT molecular complexity index is 1280. The number of allylic oxidation sites excluding steroid dienone is 14. The van der Waals surface area contributed by atoms with Gasteiger partial charge in [-0.15, -0.1) is 0 Å². The van der Waals surface area contributed by atoms with E-state index in [1.54, 1.807) is 0 Å². The molecule has 0 radical (unpaired) electrons. The Hall–Kier alpha value is -2.32. The minimum Gasteiger partial charge on any atom is -0.391 e. The number of carbonyl (C=O) groups is 1. The molecule has 9 heteroatoms. The van der Waals surface area contributed by atoms with Crippen LogP contribution in [0.3, 0.4) is 0 Å². The summed E-state index contributed by atoms with van der Waals surface area (Å²) in [4.78, 5) is 23.2. The molecule has 0 heterocycles. The molecule has 0 spiro atoms. The second-order valence-corrected chi connectivity index (χ2v) is 19.3. The largest absolute Gasteiger partial charge is 0.472 e. The first-order chi connectivity index (χ1) is 30.0. The van der Waals surface area contributed by atoms with E-state index in [-0.39, 0.29) is 19.1 Å². The summed E-state index contributed by atoms with van der Waals surface area (Å²) in [7, 11) is 1.58. The number of rotatable bonds is 44. The van der Waals surface area contributed by atoms with Crippen LogP contribution in [-0.2, 0) is 18.4 Å². The minimum absolute atomic E-state index is 0.0632. The summed E-state index contributed by atoms with van der Waals surface area (Å²) in [5.41, 5.74) is 0. The van der Waals surface area contributed by atoms with E-state index in [2.05, 4.69) is 104 Å². The Morgan fingerprint density at radius 1 is 0.565 bits per heavy atom. The average Bonchev–Trinajstić information content (AvgIpc) is 3.23. The first-order valence-corrected chi connectivity index (χ1v) is 26.4. The highest BCUT2D eigenvalue weighted by Crippen LogP contribution is 2.43. The second kappa shape index (κ2) is 43.9. The van der Waals surface area contributed by atoms with Crippen LogP contribution in [0.4, 0.5) is 0 Å². The van der Waals surface area contributed by atoms with E-state index in [0.717, 1.165) is 89.9 Å². The summed E-state index contributed by atoms with van der Waals surface area (Å²) in [6.07, 6.45) is 60.4. The van der Waals surface area contributed by atoms with Gasteiger partial charge in [0, 0.05) is 6.42 Å². The van der Waals surface area contributed by atoms with E-state index in [1.807, 2.05) is 21.1 Å². The fourth-order valence-electron chi connectivity index (χ4n) is 6.73. The molecule has 62 heavy (non-hydrogen) atoms. The second-order valence-electron chi connectivity index (χ2n) is 17.8. The molecule has 0 aromatic rings. The molecule has 0 bridgehead atoms. The van der Waals surface area contributed by atoms with Crippen LogP contribution in [0.1, 0.15) is 194 Å². The van der Waals surface area contributed by atoms with Gasteiger partial charge in [0.15, 0.2) is 0 Å². The fourth-order valence-corrected chi connectivity index (χ4v) is 7.47. The Kier molecular flexibility index (Phi) is 42.3. The summed E-state index contributed by atoms with van der Waals surface area (Å²) in [5.74, 6) is -0.180. The van der Waals surface area contributed by atoms with Gasteiger partial charge in [0.1, 0.15) is 13.2 Å². The zero-order chi connectivity index (χ0) is 45.7. The van der Waals surface area contributed by atoms with Gasteiger partial charge in [-0.3, -0.25) is 13.8 Å². The highest BCUT2D eigenvalue weighted by atomic mass is 31.2. The molecule has 3 N–H and O–H groups in total. The normalized spacial score (nSPS) is 14.9. The zero-order valence-corrected chi connectivity index (χ0v) is 41.5. The number of nitrogens with one attached hydrogen (secondary N) is 1. The number of hydrogen-bond acceptors (Lipinski definition) is 5. The monoisotopic (exact) mass is 888 g/mol. The number of phosphoric acid groups is 1. The molecule has 0 saturated heterocycles. The van der Waals surface area contributed by atoms with Crippen molar-refractivity contribution >= 4 is 13.7 Å². The molecular weight excluding hydrogens is 792 g/mol. The first kappa shape index (κ1) is 59.7. The smallest absolute Gasteiger partial charge is 0.391 e. The third kappa shape index (κ3) is 45.7. The first-order valence-electron chi connectivity index (χ1n) is 25.0.